The number of likely N-dealkylation sites (N-methyl/N-ethyl adjacent to an activating group) is 1. The number of aliphatic carboxylic acids is 1. The van der Waals surface area contributed by atoms with Crippen LogP contribution in [0, 0.1) is 0 Å². The summed E-state index contributed by atoms with van der Waals surface area (Å²) in [4.78, 5) is 37.1. The maximum Gasteiger partial charge on any atom is 0.362 e. The molecule has 0 spiro atoms. The van der Waals surface area contributed by atoms with Gasteiger partial charge in [0.2, 0.25) is 0 Å². The first-order valence-electron chi connectivity index (χ1n) is 24.6. The first-order chi connectivity index (χ1) is 30.1. The summed E-state index contributed by atoms with van der Waals surface area (Å²) in [6, 6.07) is -0.626. The number of ether oxygens (including phenoxy) is 3. The van der Waals surface area contributed by atoms with Crippen molar-refractivity contribution in [2.75, 3.05) is 41.0 Å². The van der Waals surface area contributed by atoms with Crippen molar-refractivity contribution in [2.45, 2.75) is 199 Å². The average Bonchev–Trinajstić information content (AvgIpc) is 3.23. The van der Waals surface area contributed by atoms with E-state index in [0.29, 0.717) is 19.3 Å². The number of hydrogen-bond acceptors (Lipinski definition) is 6. The number of allylic oxidation sites excluding steroid dienone is 14. The normalized spacial score (nSPS) is 13.6. The predicted octanol–water partition coefficient (Wildman–Crippen LogP) is 14.1. The minimum atomic E-state index is -0.884. The van der Waals surface area contributed by atoms with Crippen LogP contribution in [0.2, 0.25) is 0 Å². The lowest BCUT2D eigenvalue weighted by atomic mass is 10.0. The van der Waals surface area contributed by atoms with Crippen molar-refractivity contribution in [3.63, 3.8) is 0 Å². The molecule has 0 aliphatic heterocycles. The summed E-state index contributed by atoms with van der Waals surface area (Å²) < 4.78 is 17.3. The molecule has 0 fully saturated rings. The second-order valence-electron chi connectivity index (χ2n) is 17.3. The molecule has 0 rings (SSSR count). The number of unbranched alkanes of at least 4 members (excludes halogenated alkanes) is 15. The quantitative estimate of drug-likeness (QED) is 0.0282. The zero-order valence-corrected chi connectivity index (χ0v) is 40.3. The van der Waals surface area contributed by atoms with Gasteiger partial charge in [0.25, 0.3) is 0 Å². The van der Waals surface area contributed by atoms with E-state index < -0.39 is 18.1 Å². The Hall–Kier alpha value is -3.49. The van der Waals surface area contributed by atoms with Crippen molar-refractivity contribution >= 4 is 17.9 Å². The van der Waals surface area contributed by atoms with Gasteiger partial charge in [-0.05, 0) is 64.2 Å². The molecule has 8 heteroatoms. The SMILES string of the molecule is CC/C=C/C/C=C/C/C=C/C/C=C/C/C=C/C/C=C/C/C=C/CCCC(=O)OCC(COCCC(C(=O)O)[N+](C)(C)C)OC(=O)CCCCCCCCCCCCCCCCC. The molecule has 0 bridgehead atoms. The Kier molecular flexibility index (Phi) is 41.6. The summed E-state index contributed by atoms with van der Waals surface area (Å²) in [6.07, 6.45) is 57.8. The molecular weight excluding hydrogens is 775 g/mol. The van der Waals surface area contributed by atoms with Gasteiger partial charge in [0.05, 0.1) is 34.4 Å². The van der Waals surface area contributed by atoms with Crippen molar-refractivity contribution in [3.05, 3.63) is 85.1 Å². The number of esters is 2. The van der Waals surface area contributed by atoms with Gasteiger partial charge in [-0.25, -0.2) is 4.79 Å². The summed E-state index contributed by atoms with van der Waals surface area (Å²) in [6.45, 7) is 4.56. The second kappa shape index (κ2) is 44.1. The van der Waals surface area contributed by atoms with E-state index in [1.807, 2.05) is 21.1 Å². The summed E-state index contributed by atoms with van der Waals surface area (Å²) in [5.41, 5.74) is 0. The molecule has 8 nitrogen and oxygen atoms in total. The number of carboxylic acid groups (broad SMARTS) is 1. The minimum absolute atomic E-state index is 0.0404. The van der Waals surface area contributed by atoms with Gasteiger partial charge in [0.15, 0.2) is 12.1 Å². The fourth-order valence-corrected chi connectivity index (χ4v) is 6.79. The minimum Gasteiger partial charge on any atom is -0.477 e. The molecule has 0 amide bonds. The van der Waals surface area contributed by atoms with E-state index in [-0.39, 0.29) is 42.7 Å². The van der Waals surface area contributed by atoms with Crippen LogP contribution in [-0.2, 0) is 28.6 Å². The Morgan fingerprint density at radius 3 is 1.32 bits per heavy atom. The number of rotatable bonds is 43. The molecule has 62 heavy (non-hydrogen) atoms. The maximum absolute atomic E-state index is 12.8. The highest BCUT2D eigenvalue weighted by molar-refractivity contribution is 5.72. The third-order valence-electron chi connectivity index (χ3n) is 10.6. The third kappa shape index (κ3) is 41.8. The van der Waals surface area contributed by atoms with Gasteiger partial charge in [0.1, 0.15) is 6.61 Å². The van der Waals surface area contributed by atoms with Crippen LogP contribution < -0.4 is 0 Å². The van der Waals surface area contributed by atoms with E-state index >= 15 is 0 Å². The van der Waals surface area contributed by atoms with Crippen molar-refractivity contribution in [2.24, 2.45) is 0 Å². The van der Waals surface area contributed by atoms with E-state index in [2.05, 4.69) is 98.9 Å². The highest BCUT2D eigenvalue weighted by Gasteiger charge is 2.31. The fraction of sp³-hybridized carbons (Fsp3) is 0.685. The molecule has 0 heterocycles. The van der Waals surface area contributed by atoms with Crippen LogP contribution in [0.25, 0.3) is 0 Å². The molecule has 0 saturated carbocycles. The Labute approximate surface area is 380 Å². The number of hydrogen-bond donors (Lipinski definition) is 1. The largest absolute Gasteiger partial charge is 0.477 e. The molecule has 1 N–H and O–H groups in total. The Balaban J connectivity index is 4.38. The fourth-order valence-electron chi connectivity index (χ4n) is 6.79. The standard InChI is InChI=1S/C54H91NO7/c1-6-8-10-12-14-16-18-20-22-23-24-25-26-27-28-29-31-32-34-36-38-40-42-44-52(56)61-49-50(48-60-47-46-51(54(58)59)55(3,4)5)62-53(57)45-43-41-39-37-35-33-30-21-19-17-15-13-11-9-7-2/h8,10,14,16,20,22,24-25,27-28,31-32,36,38,50-51H,6-7,9,11-13,15,17-19,21,23,26,29-30,33-35,37,39-49H2,1-5H3/p+1/b10-8+,16-14+,22-20+,25-24+,28-27+,32-31+,38-36+. The summed E-state index contributed by atoms with van der Waals surface area (Å²) >= 11 is 0. The van der Waals surface area contributed by atoms with Crippen LogP contribution in [0.4, 0.5) is 0 Å². The van der Waals surface area contributed by atoms with Gasteiger partial charge in [-0.2, -0.15) is 0 Å². The topological polar surface area (TPSA) is 99.1 Å². The zero-order chi connectivity index (χ0) is 45.6. The third-order valence-corrected chi connectivity index (χ3v) is 10.6. The predicted molar refractivity (Wildman–Crippen MR) is 261 cm³/mol. The average molecular weight is 867 g/mol. The van der Waals surface area contributed by atoms with Crippen LogP contribution in [0.5, 0.6) is 0 Å². The smallest absolute Gasteiger partial charge is 0.362 e. The van der Waals surface area contributed by atoms with Crippen LogP contribution in [0.15, 0.2) is 85.1 Å². The Morgan fingerprint density at radius 1 is 0.500 bits per heavy atom. The summed E-state index contributed by atoms with van der Waals surface area (Å²) in [5, 5.41) is 9.64. The van der Waals surface area contributed by atoms with Gasteiger partial charge in [0, 0.05) is 19.3 Å². The monoisotopic (exact) mass is 867 g/mol. The molecule has 2 unspecified atom stereocenters. The zero-order valence-electron chi connectivity index (χ0n) is 40.3. The molecule has 0 aromatic heterocycles. The van der Waals surface area contributed by atoms with E-state index in [1.165, 1.54) is 77.0 Å². The maximum atomic E-state index is 12.8. The van der Waals surface area contributed by atoms with Crippen LogP contribution >= 0.6 is 0 Å². The highest BCUT2D eigenvalue weighted by Crippen LogP contribution is 2.15. The van der Waals surface area contributed by atoms with Gasteiger partial charge < -0.3 is 23.8 Å². The first-order valence-corrected chi connectivity index (χ1v) is 24.6. The number of carboxylic acids is 1. The van der Waals surface area contributed by atoms with Gasteiger partial charge >= 0.3 is 17.9 Å². The van der Waals surface area contributed by atoms with E-state index in [1.54, 1.807) is 0 Å². The van der Waals surface area contributed by atoms with E-state index in [4.69, 9.17) is 14.2 Å². The van der Waals surface area contributed by atoms with Crippen molar-refractivity contribution in [1.82, 2.24) is 0 Å². The molecular formula is C54H92NO7+. The molecule has 0 aromatic carbocycles. The first kappa shape index (κ1) is 58.5. The summed E-state index contributed by atoms with van der Waals surface area (Å²) in [5.74, 6) is -1.55. The lowest BCUT2D eigenvalue weighted by Crippen LogP contribution is -2.50. The van der Waals surface area contributed by atoms with Crippen LogP contribution in [0.1, 0.15) is 187 Å². The van der Waals surface area contributed by atoms with E-state index in [0.717, 1.165) is 70.6 Å². The molecule has 0 aromatic rings. The second-order valence-corrected chi connectivity index (χ2v) is 17.3. The molecule has 0 saturated heterocycles. The van der Waals surface area contributed by atoms with Gasteiger partial charge in [-0.15, -0.1) is 0 Å². The molecule has 0 aliphatic carbocycles. The number of carbonyl (C=O) groups excluding carboxylic acids is 2. The van der Waals surface area contributed by atoms with Gasteiger partial charge in [-0.1, -0.05) is 189 Å². The van der Waals surface area contributed by atoms with E-state index in [9.17, 15) is 19.5 Å². The van der Waals surface area contributed by atoms with Crippen molar-refractivity contribution in [3.8, 4) is 0 Å². The lowest BCUT2D eigenvalue weighted by Gasteiger charge is -2.31. The van der Waals surface area contributed by atoms with Crippen LogP contribution in [-0.4, -0.2) is 80.6 Å². The van der Waals surface area contributed by atoms with Gasteiger partial charge in [-0.3, -0.25) is 9.59 Å². The number of quaternary nitrogens is 1. The molecule has 354 valence electrons. The summed E-state index contributed by atoms with van der Waals surface area (Å²) in [7, 11) is 5.51. The highest BCUT2D eigenvalue weighted by atomic mass is 16.6. The lowest BCUT2D eigenvalue weighted by molar-refractivity contribution is -0.887. The Morgan fingerprint density at radius 2 is 0.903 bits per heavy atom. The number of nitrogens with zero attached hydrogens (tertiary/aromatic N) is 1. The van der Waals surface area contributed by atoms with Crippen LogP contribution in [0.3, 0.4) is 0 Å². The number of carbonyl (C=O) groups is 3. The van der Waals surface area contributed by atoms with Crippen molar-refractivity contribution in [1.29, 1.82) is 0 Å². The Bertz CT molecular complexity index is 1290. The molecule has 0 aliphatic rings. The molecule has 2 atom stereocenters. The molecule has 0 radical (unpaired) electrons. The van der Waals surface area contributed by atoms with Crippen molar-refractivity contribution < 1.29 is 38.2 Å².